The first kappa shape index (κ1) is 13.6. The summed E-state index contributed by atoms with van der Waals surface area (Å²) in [4.78, 5) is 12.1. The van der Waals surface area contributed by atoms with Crippen molar-refractivity contribution in [1.29, 1.82) is 0 Å². The Bertz CT molecular complexity index is 428. The lowest BCUT2D eigenvalue weighted by Gasteiger charge is -2.35. The maximum absolute atomic E-state index is 12.1. The highest BCUT2D eigenvalue weighted by Crippen LogP contribution is 2.24. The molecule has 1 aliphatic rings. The second kappa shape index (κ2) is 5.41. The second-order valence-corrected chi connectivity index (χ2v) is 6.19. The molecule has 0 spiro atoms. The van der Waals surface area contributed by atoms with Crippen molar-refractivity contribution >= 4 is 21.8 Å². The molecular formula is C14H18BrNO2. The fourth-order valence-electron chi connectivity index (χ4n) is 2.23. The molecule has 1 aromatic carbocycles. The van der Waals surface area contributed by atoms with Crippen LogP contribution in [0.25, 0.3) is 0 Å². The fourth-order valence-corrected chi connectivity index (χ4v) is 2.49. The van der Waals surface area contributed by atoms with Crippen molar-refractivity contribution in [2.45, 2.75) is 38.3 Å². The highest BCUT2D eigenvalue weighted by atomic mass is 79.9. The van der Waals surface area contributed by atoms with Crippen LogP contribution in [0.1, 0.15) is 37.0 Å². The lowest BCUT2D eigenvalue weighted by atomic mass is 9.94. The third-order valence-corrected chi connectivity index (χ3v) is 3.67. The van der Waals surface area contributed by atoms with E-state index in [1.165, 1.54) is 0 Å². The van der Waals surface area contributed by atoms with Crippen LogP contribution in [0.15, 0.2) is 28.7 Å². The van der Waals surface area contributed by atoms with Gasteiger partial charge in [-0.15, -0.1) is 0 Å². The van der Waals surface area contributed by atoms with Crippen molar-refractivity contribution in [2.75, 3.05) is 6.61 Å². The van der Waals surface area contributed by atoms with E-state index in [1.807, 2.05) is 24.3 Å². The van der Waals surface area contributed by atoms with Crippen molar-refractivity contribution < 1.29 is 9.53 Å². The molecule has 1 aromatic rings. The van der Waals surface area contributed by atoms with Gasteiger partial charge in [-0.25, -0.2) is 0 Å². The quantitative estimate of drug-likeness (QED) is 0.911. The van der Waals surface area contributed by atoms with Crippen molar-refractivity contribution in [3.8, 4) is 0 Å². The van der Waals surface area contributed by atoms with E-state index in [9.17, 15) is 4.79 Å². The summed E-state index contributed by atoms with van der Waals surface area (Å²) >= 11 is 3.36. The lowest BCUT2D eigenvalue weighted by molar-refractivity contribution is -0.0615. The molecule has 1 unspecified atom stereocenters. The van der Waals surface area contributed by atoms with Gasteiger partial charge in [0.2, 0.25) is 0 Å². The Morgan fingerprint density at radius 3 is 2.67 bits per heavy atom. The molecule has 0 aliphatic carbocycles. The lowest BCUT2D eigenvalue weighted by Crippen LogP contribution is -2.45. The topological polar surface area (TPSA) is 38.3 Å². The summed E-state index contributed by atoms with van der Waals surface area (Å²) in [5.41, 5.74) is 0.554. The Hall–Kier alpha value is -0.870. The van der Waals surface area contributed by atoms with Crippen molar-refractivity contribution in [2.24, 2.45) is 0 Å². The minimum Gasteiger partial charge on any atom is -0.375 e. The first-order chi connectivity index (χ1) is 8.46. The molecule has 1 saturated heterocycles. The van der Waals surface area contributed by atoms with E-state index in [2.05, 4.69) is 35.1 Å². The van der Waals surface area contributed by atoms with Crippen molar-refractivity contribution in [1.82, 2.24) is 5.32 Å². The van der Waals surface area contributed by atoms with Crippen molar-refractivity contribution in [3.05, 3.63) is 34.3 Å². The van der Waals surface area contributed by atoms with Gasteiger partial charge in [0, 0.05) is 22.7 Å². The van der Waals surface area contributed by atoms with E-state index in [0.29, 0.717) is 12.2 Å². The summed E-state index contributed by atoms with van der Waals surface area (Å²) in [5.74, 6) is -0.00907. The molecule has 2 rings (SSSR count). The molecule has 18 heavy (non-hydrogen) atoms. The van der Waals surface area contributed by atoms with Crippen LogP contribution in [0.2, 0.25) is 0 Å². The summed E-state index contributed by atoms with van der Waals surface area (Å²) in [5, 5.41) is 3.08. The predicted molar refractivity (Wildman–Crippen MR) is 74.7 cm³/mol. The number of amides is 1. The van der Waals surface area contributed by atoms with Gasteiger partial charge < -0.3 is 10.1 Å². The van der Waals surface area contributed by atoms with Crippen LogP contribution in [0.3, 0.4) is 0 Å². The molecule has 0 saturated carbocycles. The van der Waals surface area contributed by atoms with Gasteiger partial charge in [0.1, 0.15) is 0 Å². The third kappa shape index (κ3) is 3.56. The van der Waals surface area contributed by atoms with Crippen LogP contribution in [-0.2, 0) is 4.74 Å². The van der Waals surface area contributed by atoms with E-state index in [-0.39, 0.29) is 17.6 Å². The van der Waals surface area contributed by atoms with Gasteiger partial charge in [0.05, 0.1) is 5.60 Å². The molecule has 1 N–H and O–H groups in total. The Labute approximate surface area is 116 Å². The van der Waals surface area contributed by atoms with Gasteiger partial charge >= 0.3 is 0 Å². The summed E-state index contributed by atoms with van der Waals surface area (Å²) in [6, 6.07) is 7.60. The number of nitrogens with one attached hydrogen (secondary N) is 1. The Kier molecular flexibility index (Phi) is 4.07. The highest BCUT2D eigenvalue weighted by molar-refractivity contribution is 9.10. The maximum atomic E-state index is 12.1. The van der Waals surface area contributed by atoms with Crippen LogP contribution in [0.5, 0.6) is 0 Å². The average Bonchev–Trinajstić information content (AvgIpc) is 2.28. The van der Waals surface area contributed by atoms with Crippen LogP contribution in [0, 0.1) is 0 Å². The van der Waals surface area contributed by atoms with E-state index < -0.39 is 0 Å². The summed E-state index contributed by atoms with van der Waals surface area (Å²) in [7, 11) is 0. The standard InChI is InChI=1S/C14H18BrNO2/c1-14(2)9-12(7-8-18-14)16-13(17)10-3-5-11(15)6-4-10/h3-6,12H,7-9H2,1-2H3,(H,16,17). The molecule has 1 atom stereocenters. The summed E-state index contributed by atoms with van der Waals surface area (Å²) < 4.78 is 6.62. The monoisotopic (exact) mass is 311 g/mol. The number of carbonyl (C=O) groups excluding carboxylic acids is 1. The van der Waals surface area contributed by atoms with E-state index >= 15 is 0 Å². The first-order valence-electron chi connectivity index (χ1n) is 6.17. The molecule has 0 aromatic heterocycles. The van der Waals surface area contributed by atoms with Crippen molar-refractivity contribution in [3.63, 3.8) is 0 Å². The predicted octanol–water partition coefficient (Wildman–Crippen LogP) is 3.14. The van der Waals surface area contributed by atoms with Crippen LogP contribution >= 0.6 is 15.9 Å². The smallest absolute Gasteiger partial charge is 0.251 e. The number of ether oxygens (including phenoxy) is 1. The Morgan fingerprint density at radius 2 is 2.06 bits per heavy atom. The largest absolute Gasteiger partial charge is 0.375 e. The van der Waals surface area contributed by atoms with Gasteiger partial charge in [-0.2, -0.15) is 0 Å². The molecule has 0 bridgehead atoms. The number of carbonyl (C=O) groups is 1. The van der Waals surface area contributed by atoms with Gasteiger partial charge in [-0.05, 0) is 51.0 Å². The van der Waals surface area contributed by atoms with Gasteiger partial charge in [-0.3, -0.25) is 4.79 Å². The number of rotatable bonds is 2. The van der Waals surface area contributed by atoms with Crippen LogP contribution in [-0.4, -0.2) is 24.2 Å². The van der Waals surface area contributed by atoms with E-state index in [0.717, 1.165) is 17.3 Å². The molecule has 4 heteroatoms. The zero-order valence-corrected chi connectivity index (χ0v) is 12.3. The van der Waals surface area contributed by atoms with Gasteiger partial charge in [-0.1, -0.05) is 15.9 Å². The molecule has 0 radical (unpaired) electrons. The van der Waals surface area contributed by atoms with Gasteiger partial charge in [0.15, 0.2) is 0 Å². The van der Waals surface area contributed by atoms with Crippen LogP contribution < -0.4 is 5.32 Å². The average molecular weight is 312 g/mol. The molecule has 1 heterocycles. The summed E-state index contributed by atoms with van der Waals surface area (Å²) in [6.07, 6.45) is 1.74. The zero-order valence-electron chi connectivity index (χ0n) is 10.7. The number of halogens is 1. The Morgan fingerprint density at radius 1 is 1.39 bits per heavy atom. The van der Waals surface area contributed by atoms with Crippen LogP contribution in [0.4, 0.5) is 0 Å². The normalized spacial score (nSPS) is 22.5. The number of benzene rings is 1. The Balaban J connectivity index is 1.97. The fraction of sp³-hybridized carbons (Fsp3) is 0.500. The number of hydrogen-bond donors (Lipinski definition) is 1. The summed E-state index contributed by atoms with van der Waals surface area (Å²) in [6.45, 7) is 4.83. The molecular weight excluding hydrogens is 294 g/mol. The molecule has 1 fully saturated rings. The van der Waals surface area contributed by atoms with Gasteiger partial charge in [0.25, 0.3) is 5.91 Å². The minimum atomic E-state index is -0.143. The number of hydrogen-bond acceptors (Lipinski definition) is 2. The third-order valence-electron chi connectivity index (χ3n) is 3.14. The first-order valence-corrected chi connectivity index (χ1v) is 6.96. The molecule has 1 aliphatic heterocycles. The molecule has 3 nitrogen and oxygen atoms in total. The maximum Gasteiger partial charge on any atom is 0.251 e. The minimum absolute atomic E-state index is 0.00907. The van der Waals surface area contributed by atoms with E-state index in [1.54, 1.807) is 0 Å². The SMILES string of the molecule is CC1(C)CC(NC(=O)c2ccc(Br)cc2)CCO1. The zero-order chi connectivity index (χ0) is 13.2. The molecule has 1 amide bonds. The highest BCUT2D eigenvalue weighted by Gasteiger charge is 2.29. The molecule has 98 valence electrons. The van der Waals surface area contributed by atoms with E-state index in [4.69, 9.17) is 4.74 Å². The second-order valence-electron chi connectivity index (χ2n) is 5.28.